The molecular formula is C19H23NO2. The van der Waals surface area contributed by atoms with Gasteiger partial charge in [-0.2, -0.15) is 0 Å². The first-order valence-electron chi connectivity index (χ1n) is 7.75. The normalized spacial score (nSPS) is 20.3. The van der Waals surface area contributed by atoms with Crippen LogP contribution in [0.15, 0.2) is 42.5 Å². The molecule has 1 N–H and O–H groups in total. The Bertz CT molecular complexity index is 636. The van der Waals surface area contributed by atoms with E-state index < -0.39 is 0 Å². The van der Waals surface area contributed by atoms with Crippen molar-refractivity contribution in [1.82, 2.24) is 5.32 Å². The van der Waals surface area contributed by atoms with E-state index in [1.54, 1.807) is 14.2 Å². The zero-order valence-corrected chi connectivity index (χ0v) is 13.4. The van der Waals surface area contributed by atoms with Crippen LogP contribution in [0.3, 0.4) is 0 Å². The number of hydrogen-bond acceptors (Lipinski definition) is 3. The van der Waals surface area contributed by atoms with Crippen LogP contribution in [0.1, 0.15) is 29.7 Å². The van der Waals surface area contributed by atoms with Crippen molar-refractivity contribution < 1.29 is 9.47 Å². The fourth-order valence-corrected chi connectivity index (χ4v) is 3.20. The van der Waals surface area contributed by atoms with Gasteiger partial charge in [0.1, 0.15) is 11.5 Å². The molecule has 0 saturated carbocycles. The van der Waals surface area contributed by atoms with Crippen LogP contribution in [0.25, 0.3) is 0 Å². The molecule has 0 saturated heterocycles. The van der Waals surface area contributed by atoms with Crippen LogP contribution in [-0.4, -0.2) is 20.3 Å². The van der Waals surface area contributed by atoms with Gasteiger partial charge in [0.2, 0.25) is 0 Å². The molecule has 1 heterocycles. The summed E-state index contributed by atoms with van der Waals surface area (Å²) in [5.41, 5.74) is 4.08. The largest absolute Gasteiger partial charge is 0.497 e. The number of ether oxygens (including phenoxy) is 2. The number of rotatable bonds is 4. The van der Waals surface area contributed by atoms with E-state index in [0.29, 0.717) is 12.1 Å². The fraction of sp³-hybridized carbons (Fsp3) is 0.368. The number of nitrogens with one attached hydrogen (secondary N) is 1. The molecule has 3 heteroatoms. The van der Waals surface area contributed by atoms with Crippen LogP contribution in [0.2, 0.25) is 0 Å². The van der Waals surface area contributed by atoms with E-state index in [1.807, 2.05) is 12.1 Å². The van der Waals surface area contributed by atoms with Crippen molar-refractivity contribution in [3.8, 4) is 11.5 Å². The maximum absolute atomic E-state index is 5.39. The molecule has 1 aliphatic rings. The number of methoxy groups -OCH3 is 2. The van der Waals surface area contributed by atoms with E-state index in [2.05, 4.69) is 42.6 Å². The first-order valence-corrected chi connectivity index (χ1v) is 7.75. The molecule has 0 fully saturated rings. The Morgan fingerprint density at radius 1 is 1.00 bits per heavy atom. The summed E-state index contributed by atoms with van der Waals surface area (Å²) in [6.07, 6.45) is 2.03. The Labute approximate surface area is 132 Å². The molecule has 0 aliphatic carbocycles. The molecule has 3 nitrogen and oxygen atoms in total. The summed E-state index contributed by atoms with van der Waals surface area (Å²) in [5.74, 6) is 1.82. The van der Waals surface area contributed by atoms with Crippen LogP contribution < -0.4 is 14.8 Å². The summed E-state index contributed by atoms with van der Waals surface area (Å²) in [5, 5.41) is 3.71. The Morgan fingerprint density at radius 2 is 1.68 bits per heavy atom. The first kappa shape index (κ1) is 14.9. The second kappa shape index (κ2) is 6.41. The minimum Gasteiger partial charge on any atom is -0.497 e. The Balaban J connectivity index is 1.87. The third kappa shape index (κ3) is 3.09. The lowest BCUT2D eigenvalue weighted by Gasteiger charge is -2.32. The van der Waals surface area contributed by atoms with Gasteiger partial charge in [-0.1, -0.05) is 18.2 Å². The van der Waals surface area contributed by atoms with Crippen molar-refractivity contribution in [1.29, 1.82) is 0 Å². The van der Waals surface area contributed by atoms with E-state index in [1.165, 1.54) is 16.7 Å². The summed E-state index contributed by atoms with van der Waals surface area (Å²) in [6.45, 7) is 2.24. The highest BCUT2D eigenvalue weighted by Gasteiger charge is 2.24. The number of fused-ring (bicyclic) bond motifs is 1. The molecule has 2 unspecified atom stereocenters. The third-order valence-electron chi connectivity index (χ3n) is 4.34. The zero-order chi connectivity index (χ0) is 15.5. The van der Waals surface area contributed by atoms with Gasteiger partial charge in [-0.3, -0.25) is 0 Å². The predicted molar refractivity (Wildman–Crippen MR) is 88.7 cm³/mol. The molecule has 1 aliphatic heterocycles. The van der Waals surface area contributed by atoms with Crippen molar-refractivity contribution in [2.24, 2.45) is 0 Å². The highest BCUT2D eigenvalue weighted by atomic mass is 16.5. The minimum absolute atomic E-state index is 0.322. The standard InChI is InChI=1S/C19H23NO2/c1-13-10-15-6-9-17(22-3)12-18(15)19(20-13)11-14-4-7-16(21-2)8-5-14/h4-9,12-13,19-20H,10-11H2,1-3H3. The summed E-state index contributed by atoms with van der Waals surface area (Å²) in [7, 11) is 3.42. The van der Waals surface area contributed by atoms with Gasteiger partial charge in [-0.15, -0.1) is 0 Å². The average molecular weight is 297 g/mol. The summed E-state index contributed by atoms with van der Waals surface area (Å²) < 4.78 is 10.6. The van der Waals surface area contributed by atoms with Crippen LogP contribution in [0.4, 0.5) is 0 Å². The number of hydrogen-bond donors (Lipinski definition) is 1. The molecule has 22 heavy (non-hydrogen) atoms. The van der Waals surface area contributed by atoms with Gasteiger partial charge in [0.15, 0.2) is 0 Å². The topological polar surface area (TPSA) is 30.5 Å². The summed E-state index contributed by atoms with van der Waals surface area (Å²) >= 11 is 0. The maximum atomic E-state index is 5.39. The summed E-state index contributed by atoms with van der Waals surface area (Å²) in [4.78, 5) is 0. The highest BCUT2D eigenvalue weighted by molar-refractivity contribution is 5.41. The fourth-order valence-electron chi connectivity index (χ4n) is 3.20. The first-order chi connectivity index (χ1) is 10.7. The predicted octanol–water partition coefficient (Wildman–Crippen LogP) is 3.52. The van der Waals surface area contributed by atoms with Crippen LogP contribution in [-0.2, 0) is 12.8 Å². The van der Waals surface area contributed by atoms with Crippen molar-refractivity contribution in [3.63, 3.8) is 0 Å². The summed E-state index contributed by atoms with van der Waals surface area (Å²) in [6, 6.07) is 15.6. The van der Waals surface area contributed by atoms with Gasteiger partial charge in [-0.05, 0) is 60.7 Å². The van der Waals surface area contributed by atoms with Crippen molar-refractivity contribution in [2.75, 3.05) is 14.2 Å². The molecule has 2 atom stereocenters. The van der Waals surface area contributed by atoms with Gasteiger partial charge >= 0.3 is 0 Å². The van der Waals surface area contributed by atoms with Gasteiger partial charge in [-0.25, -0.2) is 0 Å². The molecule has 0 spiro atoms. The molecular weight excluding hydrogens is 274 g/mol. The van der Waals surface area contributed by atoms with Crippen LogP contribution in [0.5, 0.6) is 11.5 Å². The second-order valence-electron chi connectivity index (χ2n) is 5.94. The van der Waals surface area contributed by atoms with E-state index in [9.17, 15) is 0 Å². The van der Waals surface area contributed by atoms with Crippen molar-refractivity contribution in [2.45, 2.75) is 31.8 Å². The Kier molecular flexibility index (Phi) is 4.34. The Morgan fingerprint density at radius 3 is 2.36 bits per heavy atom. The lowest BCUT2D eigenvalue weighted by atomic mass is 9.87. The molecule has 2 aromatic rings. The lowest BCUT2D eigenvalue weighted by Crippen LogP contribution is -2.38. The van der Waals surface area contributed by atoms with Gasteiger partial charge < -0.3 is 14.8 Å². The van der Waals surface area contributed by atoms with E-state index >= 15 is 0 Å². The van der Waals surface area contributed by atoms with E-state index in [0.717, 1.165) is 24.3 Å². The molecule has 3 rings (SSSR count). The molecule has 2 aromatic carbocycles. The van der Waals surface area contributed by atoms with Gasteiger partial charge in [0.25, 0.3) is 0 Å². The molecule has 0 aromatic heterocycles. The number of benzene rings is 2. The maximum Gasteiger partial charge on any atom is 0.119 e. The zero-order valence-electron chi connectivity index (χ0n) is 13.4. The monoisotopic (exact) mass is 297 g/mol. The van der Waals surface area contributed by atoms with Gasteiger partial charge in [0, 0.05) is 12.1 Å². The molecule has 116 valence electrons. The highest BCUT2D eigenvalue weighted by Crippen LogP contribution is 2.31. The molecule has 0 radical (unpaired) electrons. The van der Waals surface area contributed by atoms with Crippen molar-refractivity contribution >= 4 is 0 Å². The van der Waals surface area contributed by atoms with E-state index in [4.69, 9.17) is 9.47 Å². The minimum atomic E-state index is 0.322. The van der Waals surface area contributed by atoms with Crippen molar-refractivity contribution in [3.05, 3.63) is 59.2 Å². The third-order valence-corrected chi connectivity index (χ3v) is 4.34. The molecule has 0 amide bonds. The van der Waals surface area contributed by atoms with Crippen LogP contribution in [0, 0.1) is 0 Å². The average Bonchev–Trinajstić information content (AvgIpc) is 2.55. The van der Waals surface area contributed by atoms with E-state index in [-0.39, 0.29) is 0 Å². The van der Waals surface area contributed by atoms with Crippen LogP contribution >= 0.6 is 0 Å². The lowest BCUT2D eigenvalue weighted by molar-refractivity contribution is 0.400. The Hall–Kier alpha value is -2.00. The quantitative estimate of drug-likeness (QED) is 0.936. The second-order valence-corrected chi connectivity index (χ2v) is 5.94. The SMILES string of the molecule is COc1ccc(CC2NC(C)Cc3ccc(OC)cc32)cc1. The molecule has 0 bridgehead atoms. The smallest absolute Gasteiger partial charge is 0.119 e. The van der Waals surface area contributed by atoms with Gasteiger partial charge in [0.05, 0.1) is 14.2 Å².